The minimum absolute atomic E-state index is 0.340. The molecule has 1 aromatic heterocycles. The van der Waals surface area contributed by atoms with Gasteiger partial charge in [-0.3, -0.25) is 14.9 Å². The topological polar surface area (TPSA) is 109 Å². The van der Waals surface area contributed by atoms with Crippen LogP contribution in [0.15, 0.2) is 40.8 Å². The number of furan rings is 1. The van der Waals surface area contributed by atoms with E-state index >= 15 is 0 Å². The van der Waals surface area contributed by atoms with Crippen molar-refractivity contribution in [1.82, 2.24) is 0 Å². The summed E-state index contributed by atoms with van der Waals surface area (Å²) < 4.78 is 15.0. The SMILES string of the molecule is CCOc1ccc(C(=O)[C@@H](C)OC(=O)c2ccc([N+](=O)[O-])o2)cc1. The zero-order chi connectivity index (χ0) is 17.7. The Morgan fingerprint density at radius 2 is 1.88 bits per heavy atom. The van der Waals surface area contributed by atoms with Crippen molar-refractivity contribution in [2.24, 2.45) is 0 Å². The lowest BCUT2D eigenvalue weighted by Crippen LogP contribution is -2.24. The van der Waals surface area contributed by atoms with E-state index in [4.69, 9.17) is 13.9 Å². The highest BCUT2D eigenvalue weighted by Gasteiger charge is 2.24. The number of ketones is 1. The van der Waals surface area contributed by atoms with Gasteiger partial charge in [0.05, 0.1) is 12.7 Å². The van der Waals surface area contributed by atoms with E-state index in [0.29, 0.717) is 17.9 Å². The van der Waals surface area contributed by atoms with Gasteiger partial charge in [-0.15, -0.1) is 0 Å². The molecule has 24 heavy (non-hydrogen) atoms. The van der Waals surface area contributed by atoms with Gasteiger partial charge in [-0.25, -0.2) is 4.79 Å². The summed E-state index contributed by atoms with van der Waals surface area (Å²) in [4.78, 5) is 33.8. The minimum Gasteiger partial charge on any atom is -0.494 e. The van der Waals surface area contributed by atoms with Crippen LogP contribution in [0.2, 0.25) is 0 Å². The van der Waals surface area contributed by atoms with Crippen LogP contribution in [0.5, 0.6) is 5.75 Å². The molecule has 0 fully saturated rings. The number of Topliss-reactive ketones (excluding diaryl/α,β-unsaturated/α-hetero) is 1. The van der Waals surface area contributed by atoms with Crippen molar-refractivity contribution in [2.45, 2.75) is 20.0 Å². The van der Waals surface area contributed by atoms with Gasteiger partial charge in [0.15, 0.2) is 6.10 Å². The highest BCUT2D eigenvalue weighted by molar-refractivity contribution is 6.01. The van der Waals surface area contributed by atoms with Gasteiger partial charge in [0, 0.05) is 5.56 Å². The molecule has 0 aliphatic rings. The normalized spacial score (nSPS) is 11.6. The standard InChI is InChI=1S/C16H15NO7/c1-3-22-12-6-4-11(5-7-12)15(18)10(2)23-16(19)13-8-9-14(24-13)17(20)21/h4-10H,3H2,1-2H3/t10-/m1/s1. The number of rotatable bonds is 7. The number of hydrogen-bond acceptors (Lipinski definition) is 7. The van der Waals surface area contributed by atoms with Crippen molar-refractivity contribution in [3.63, 3.8) is 0 Å². The second-order valence-electron chi connectivity index (χ2n) is 4.76. The Balaban J connectivity index is 2.02. The largest absolute Gasteiger partial charge is 0.494 e. The molecule has 8 nitrogen and oxygen atoms in total. The zero-order valence-electron chi connectivity index (χ0n) is 13.1. The molecule has 1 atom stereocenters. The van der Waals surface area contributed by atoms with Gasteiger partial charge in [-0.2, -0.15) is 0 Å². The van der Waals surface area contributed by atoms with E-state index in [1.807, 2.05) is 6.92 Å². The molecule has 1 heterocycles. The van der Waals surface area contributed by atoms with Crippen molar-refractivity contribution in [1.29, 1.82) is 0 Å². The van der Waals surface area contributed by atoms with Gasteiger partial charge in [0.25, 0.3) is 0 Å². The third kappa shape index (κ3) is 3.97. The molecule has 0 spiro atoms. The lowest BCUT2D eigenvalue weighted by atomic mass is 10.1. The van der Waals surface area contributed by atoms with Crippen molar-refractivity contribution in [3.8, 4) is 5.75 Å². The number of ether oxygens (including phenoxy) is 2. The minimum atomic E-state index is -1.07. The molecule has 0 aliphatic heterocycles. The van der Waals surface area contributed by atoms with Crippen LogP contribution in [0.4, 0.5) is 5.88 Å². The van der Waals surface area contributed by atoms with Gasteiger partial charge in [0.2, 0.25) is 11.5 Å². The molecule has 0 amide bonds. The van der Waals surface area contributed by atoms with Crippen molar-refractivity contribution in [3.05, 3.63) is 57.8 Å². The molecule has 8 heteroatoms. The van der Waals surface area contributed by atoms with Gasteiger partial charge >= 0.3 is 11.9 Å². The Hall–Kier alpha value is -3.16. The van der Waals surface area contributed by atoms with Gasteiger partial charge in [-0.1, -0.05) is 0 Å². The van der Waals surface area contributed by atoms with E-state index in [-0.39, 0.29) is 5.76 Å². The maximum Gasteiger partial charge on any atom is 0.433 e. The van der Waals surface area contributed by atoms with Crippen LogP contribution in [0, 0.1) is 10.1 Å². The Kier molecular flexibility index (Phi) is 5.31. The molecule has 0 radical (unpaired) electrons. The zero-order valence-corrected chi connectivity index (χ0v) is 13.1. The quantitative estimate of drug-likeness (QED) is 0.331. The fourth-order valence-electron chi connectivity index (χ4n) is 1.92. The summed E-state index contributed by atoms with van der Waals surface area (Å²) in [6.45, 7) is 3.77. The molecule has 0 N–H and O–H groups in total. The number of carbonyl (C=O) groups excluding carboxylic acids is 2. The third-order valence-corrected chi connectivity index (χ3v) is 3.08. The van der Waals surface area contributed by atoms with Crippen LogP contribution in [0.3, 0.4) is 0 Å². The van der Waals surface area contributed by atoms with Crippen LogP contribution in [-0.2, 0) is 4.74 Å². The molecular formula is C16H15NO7. The van der Waals surface area contributed by atoms with E-state index < -0.39 is 28.7 Å². The lowest BCUT2D eigenvalue weighted by Gasteiger charge is -2.11. The molecule has 1 aromatic carbocycles. The maximum absolute atomic E-state index is 12.2. The van der Waals surface area contributed by atoms with Crippen molar-refractivity contribution in [2.75, 3.05) is 6.61 Å². The highest BCUT2D eigenvalue weighted by atomic mass is 16.7. The molecule has 0 bridgehead atoms. The summed E-state index contributed by atoms with van der Waals surface area (Å²) in [5, 5.41) is 10.5. The van der Waals surface area contributed by atoms with E-state index in [1.165, 1.54) is 6.92 Å². The number of esters is 1. The van der Waals surface area contributed by atoms with Gasteiger partial charge in [0.1, 0.15) is 10.7 Å². The second-order valence-corrected chi connectivity index (χ2v) is 4.76. The Morgan fingerprint density at radius 1 is 1.21 bits per heavy atom. The smallest absolute Gasteiger partial charge is 0.433 e. The monoisotopic (exact) mass is 333 g/mol. The Labute approximate surface area is 137 Å². The Morgan fingerprint density at radius 3 is 2.42 bits per heavy atom. The molecule has 0 aliphatic carbocycles. The first-order valence-corrected chi connectivity index (χ1v) is 7.14. The van der Waals surface area contributed by atoms with Crippen LogP contribution in [0.25, 0.3) is 0 Å². The number of nitrogens with zero attached hydrogens (tertiary/aromatic N) is 1. The summed E-state index contributed by atoms with van der Waals surface area (Å²) in [6, 6.07) is 8.57. The average molecular weight is 333 g/mol. The molecule has 0 saturated heterocycles. The lowest BCUT2D eigenvalue weighted by molar-refractivity contribution is -0.402. The third-order valence-electron chi connectivity index (χ3n) is 3.08. The molecule has 0 unspecified atom stereocenters. The van der Waals surface area contributed by atoms with E-state index in [2.05, 4.69) is 0 Å². The Bertz CT molecular complexity index is 748. The summed E-state index contributed by atoms with van der Waals surface area (Å²) in [5.74, 6) is -1.65. The van der Waals surface area contributed by atoms with Crippen molar-refractivity contribution >= 4 is 17.6 Å². The predicted octanol–water partition coefficient (Wildman–Crippen LogP) is 3.01. The number of carbonyl (C=O) groups is 2. The molecule has 126 valence electrons. The van der Waals surface area contributed by atoms with Crippen LogP contribution < -0.4 is 4.74 Å². The summed E-state index contributed by atoms with van der Waals surface area (Å²) in [7, 11) is 0. The molecular weight excluding hydrogens is 318 g/mol. The average Bonchev–Trinajstić information content (AvgIpc) is 3.05. The number of nitro groups is 1. The van der Waals surface area contributed by atoms with E-state index in [1.54, 1.807) is 24.3 Å². The van der Waals surface area contributed by atoms with Crippen LogP contribution >= 0.6 is 0 Å². The van der Waals surface area contributed by atoms with Crippen LogP contribution in [-0.4, -0.2) is 29.4 Å². The summed E-state index contributed by atoms with van der Waals surface area (Å²) >= 11 is 0. The van der Waals surface area contributed by atoms with Gasteiger partial charge in [-0.05, 0) is 44.2 Å². The first-order valence-electron chi connectivity index (χ1n) is 7.14. The van der Waals surface area contributed by atoms with E-state index in [0.717, 1.165) is 12.1 Å². The van der Waals surface area contributed by atoms with Crippen molar-refractivity contribution < 1.29 is 28.4 Å². The summed E-state index contributed by atoms with van der Waals surface area (Å²) in [6.07, 6.45) is -1.07. The van der Waals surface area contributed by atoms with Gasteiger partial charge < -0.3 is 13.9 Å². The fraction of sp³-hybridized carbons (Fsp3) is 0.250. The summed E-state index contributed by atoms with van der Waals surface area (Å²) in [5.41, 5.74) is 0.351. The van der Waals surface area contributed by atoms with E-state index in [9.17, 15) is 19.7 Å². The number of hydrogen-bond donors (Lipinski definition) is 0. The highest BCUT2D eigenvalue weighted by Crippen LogP contribution is 2.18. The number of benzene rings is 1. The second kappa shape index (κ2) is 7.40. The first kappa shape index (κ1) is 17.2. The predicted molar refractivity (Wildman–Crippen MR) is 82.2 cm³/mol. The maximum atomic E-state index is 12.2. The molecule has 2 rings (SSSR count). The molecule has 2 aromatic rings. The first-order chi connectivity index (χ1) is 11.4. The van der Waals surface area contributed by atoms with Crippen LogP contribution in [0.1, 0.15) is 34.8 Å². The fourth-order valence-corrected chi connectivity index (χ4v) is 1.92. The molecule has 0 saturated carbocycles.